The van der Waals surface area contributed by atoms with E-state index in [1.54, 1.807) is 6.33 Å². The number of likely N-dealkylation sites (tertiary alicyclic amines) is 2. The van der Waals surface area contributed by atoms with E-state index in [-0.39, 0.29) is 0 Å². The van der Waals surface area contributed by atoms with Crippen LogP contribution in [0.4, 0.5) is 0 Å². The predicted molar refractivity (Wildman–Crippen MR) is 98.2 cm³/mol. The van der Waals surface area contributed by atoms with Crippen LogP contribution >= 0.6 is 0 Å². The lowest BCUT2D eigenvalue weighted by atomic mass is 9.72. The molecule has 1 N–H and O–H groups in total. The number of nitrogens with zero attached hydrogens (tertiary/aromatic N) is 3. The minimum absolute atomic E-state index is 0.345. The van der Waals surface area contributed by atoms with Gasteiger partial charge in [0.25, 0.3) is 0 Å². The second-order valence-electron chi connectivity index (χ2n) is 8.51. The van der Waals surface area contributed by atoms with Crippen LogP contribution in [0.2, 0.25) is 0 Å². The Hall–Kier alpha value is -1.36. The summed E-state index contributed by atoms with van der Waals surface area (Å²) in [5.74, 6) is 0.347. The number of hydrogen-bond donors (Lipinski definition) is 1. The van der Waals surface area contributed by atoms with Gasteiger partial charge < -0.3 is 9.88 Å². The summed E-state index contributed by atoms with van der Waals surface area (Å²) in [5.41, 5.74) is 1.47. The molecule has 1 amide bonds. The third kappa shape index (κ3) is 3.91. The van der Waals surface area contributed by atoms with Gasteiger partial charge in [0, 0.05) is 55.8 Å². The molecule has 25 heavy (non-hydrogen) atoms. The first kappa shape index (κ1) is 17.1. The van der Waals surface area contributed by atoms with Crippen molar-refractivity contribution in [1.82, 2.24) is 19.8 Å². The second kappa shape index (κ2) is 7.48. The molecule has 138 valence electrons. The maximum Gasteiger partial charge on any atom is 0.222 e. The van der Waals surface area contributed by atoms with Gasteiger partial charge in [-0.15, -0.1) is 0 Å². The van der Waals surface area contributed by atoms with Crippen LogP contribution in [0.3, 0.4) is 0 Å². The smallest absolute Gasteiger partial charge is 0.222 e. The molecular formula is C20H32N4O. The highest BCUT2D eigenvalue weighted by molar-refractivity contribution is 5.77. The Kier molecular flexibility index (Phi) is 5.11. The normalized spacial score (nSPS) is 29.4. The summed E-state index contributed by atoms with van der Waals surface area (Å²) >= 11 is 0. The maximum atomic E-state index is 12.4. The summed E-state index contributed by atoms with van der Waals surface area (Å²) in [6.45, 7) is 4.27. The highest BCUT2D eigenvalue weighted by atomic mass is 16.2. The number of imidazole rings is 1. The molecule has 1 atom stereocenters. The van der Waals surface area contributed by atoms with E-state index in [0.717, 1.165) is 44.1 Å². The fourth-order valence-electron chi connectivity index (χ4n) is 5.32. The molecule has 0 aromatic carbocycles. The molecule has 1 aromatic rings. The Bertz CT molecular complexity index is 566. The van der Waals surface area contributed by atoms with E-state index in [0.29, 0.717) is 11.3 Å². The molecular weight excluding hydrogens is 312 g/mol. The van der Waals surface area contributed by atoms with E-state index in [1.807, 2.05) is 6.20 Å². The first-order valence-corrected chi connectivity index (χ1v) is 10.2. The van der Waals surface area contributed by atoms with Gasteiger partial charge in [-0.25, -0.2) is 4.98 Å². The van der Waals surface area contributed by atoms with E-state index >= 15 is 0 Å². The molecule has 1 aromatic heterocycles. The number of piperidine rings is 2. The fraction of sp³-hybridized carbons (Fsp3) is 0.800. The number of carbonyl (C=O) groups excluding carboxylic acids is 1. The summed E-state index contributed by atoms with van der Waals surface area (Å²) in [5, 5.41) is 0. The molecule has 1 aliphatic carbocycles. The molecule has 4 rings (SSSR count). The fourth-order valence-corrected chi connectivity index (χ4v) is 5.32. The number of aromatic amines is 1. The molecule has 3 fully saturated rings. The predicted octanol–water partition coefficient (Wildman–Crippen LogP) is 2.99. The molecule has 5 nitrogen and oxygen atoms in total. The lowest BCUT2D eigenvalue weighted by Crippen LogP contribution is -2.56. The third-order valence-corrected chi connectivity index (χ3v) is 6.74. The number of H-pyrrole nitrogens is 1. The van der Waals surface area contributed by atoms with Gasteiger partial charge in [-0.05, 0) is 38.6 Å². The summed E-state index contributed by atoms with van der Waals surface area (Å²) < 4.78 is 0. The molecule has 2 aliphatic heterocycles. The van der Waals surface area contributed by atoms with E-state index in [1.165, 1.54) is 58.0 Å². The Morgan fingerprint density at radius 3 is 2.84 bits per heavy atom. The highest BCUT2D eigenvalue weighted by Crippen LogP contribution is 2.40. The van der Waals surface area contributed by atoms with Crippen LogP contribution in [0.1, 0.15) is 63.5 Å². The molecule has 3 heterocycles. The number of rotatable bonds is 4. The van der Waals surface area contributed by atoms with Crippen molar-refractivity contribution >= 4 is 5.91 Å². The Labute approximate surface area is 151 Å². The molecule has 1 spiro atoms. The monoisotopic (exact) mass is 344 g/mol. The van der Waals surface area contributed by atoms with E-state index in [4.69, 9.17) is 0 Å². The van der Waals surface area contributed by atoms with Crippen LogP contribution in [0.15, 0.2) is 12.5 Å². The minimum atomic E-state index is 0.345. The van der Waals surface area contributed by atoms with E-state index < -0.39 is 0 Å². The quantitative estimate of drug-likeness (QED) is 0.913. The molecule has 1 saturated carbocycles. The zero-order valence-corrected chi connectivity index (χ0v) is 15.4. The van der Waals surface area contributed by atoms with Crippen molar-refractivity contribution in [3.8, 4) is 0 Å². The van der Waals surface area contributed by atoms with Crippen LogP contribution in [0, 0.1) is 5.41 Å². The van der Waals surface area contributed by atoms with Crippen molar-refractivity contribution < 1.29 is 4.79 Å². The zero-order chi connectivity index (χ0) is 17.1. The molecule has 3 aliphatic rings. The van der Waals surface area contributed by atoms with Gasteiger partial charge in [0.15, 0.2) is 0 Å². The van der Waals surface area contributed by atoms with Crippen LogP contribution in [0.5, 0.6) is 0 Å². The standard InChI is InChI=1S/C20H32N4O/c25-19-7-10-20(15-24(19)12-8-17-13-21-16-22-17)9-4-11-23(14-20)18-5-2-1-3-6-18/h13,16,18H,1-12,14-15H2,(H,21,22)/t20-/m1/s1. The van der Waals surface area contributed by atoms with E-state index in [2.05, 4.69) is 19.8 Å². The first-order valence-electron chi connectivity index (χ1n) is 10.2. The largest absolute Gasteiger partial charge is 0.348 e. The molecule has 0 unspecified atom stereocenters. The van der Waals surface area contributed by atoms with Gasteiger partial charge in [-0.2, -0.15) is 0 Å². The number of hydrogen-bond acceptors (Lipinski definition) is 3. The summed E-state index contributed by atoms with van der Waals surface area (Å²) in [4.78, 5) is 24.6. The molecule has 2 saturated heterocycles. The summed E-state index contributed by atoms with van der Waals surface area (Å²) in [6, 6.07) is 0.807. The van der Waals surface area contributed by atoms with Crippen LogP contribution in [-0.4, -0.2) is 57.9 Å². The van der Waals surface area contributed by atoms with Crippen LogP contribution in [-0.2, 0) is 11.2 Å². The van der Waals surface area contributed by atoms with Gasteiger partial charge in [-0.3, -0.25) is 9.69 Å². The Balaban J connectivity index is 1.38. The third-order valence-electron chi connectivity index (χ3n) is 6.74. The Morgan fingerprint density at radius 2 is 2.04 bits per heavy atom. The van der Waals surface area contributed by atoms with Gasteiger partial charge in [0.2, 0.25) is 5.91 Å². The van der Waals surface area contributed by atoms with E-state index in [9.17, 15) is 4.79 Å². The Morgan fingerprint density at radius 1 is 1.16 bits per heavy atom. The average Bonchev–Trinajstić information content (AvgIpc) is 3.17. The lowest BCUT2D eigenvalue weighted by molar-refractivity contribution is -0.139. The molecule has 0 bridgehead atoms. The SMILES string of the molecule is O=C1CC[C@@]2(CCCN(C3CCCCC3)C2)CN1CCc1cnc[nH]1. The summed E-state index contributed by atoms with van der Waals surface area (Å²) in [6.07, 6.45) is 15.9. The van der Waals surface area contributed by atoms with Gasteiger partial charge in [-0.1, -0.05) is 19.3 Å². The van der Waals surface area contributed by atoms with Crippen molar-refractivity contribution in [3.63, 3.8) is 0 Å². The van der Waals surface area contributed by atoms with Crippen LogP contribution < -0.4 is 0 Å². The van der Waals surface area contributed by atoms with Crippen molar-refractivity contribution in [2.75, 3.05) is 26.2 Å². The first-order chi connectivity index (χ1) is 12.2. The van der Waals surface area contributed by atoms with Crippen molar-refractivity contribution in [3.05, 3.63) is 18.2 Å². The van der Waals surface area contributed by atoms with Crippen molar-refractivity contribution in [1.29, 1.82) is 0 Å². The number of aromatic nitrogens is 2. The molecule has 0 radical (unpaired) electrons. The average molecular weight is 345 g/mol. The molecule has 5 heteroatoms. The second-order valence-corrected chi connectivity index (χ2v) is 8.51. The summed E-state index contributed by atoms with van der Waals surface area (Å²) in [7, 11) is 0. The lowest BCUT2D eigenvalue weighted by Gasteiger charge is -2.50. The maximum absolute atomic E-state index is 12.4. The van der Waals surface area contributed by atoms with Gasteiger partial charge in [0.05, 0.1) is 6.33 Å². The van der Waals surface area contributed by atoms with Crippen molar-refractivity contribution in [2.45, 2.75) is 70.3 Å². The number of amides is 1. The topological polar surface area (TPSA) is 52.2 Å². The van der Waals surface area contributed by atoms with Gasteiger partial charge >= 0.3 is 0 Å². The number of carbonyl (C=O) groups is 1. The van der Waals surface area contributed by atoms with Crippen LogP contribution in [0.25, 0.3) is 0 Å². The zero-order valence-electron chi connectivity index (χ0n) is 15.4. The minimum Gasteiger partial charge on any atom is -0.348 e. The van der Waals surface area contributed by atoms with Gasteiger partial charge in [0.1, 0.15) is 0 Å². The van der Waals surface area contributed by atoms with Crippen molar-refractivity contribution in [2.24, 2.45) is 5.41 Å². The highest BCUT2D eigenvalue weighted by Gasteiger charge is 2.42. The number of nitrogens with one attached hydrogen (secondary N) is 1.